The van der Waals surface area contributed by atoms with Crippen molar-refractivity contribution in [2.45, 2.75) is 38.1 Å². The number of hydrogen-bond donors (Lipinski definition) is 2. The topological polar surface area (TPSA) is 58.4 Å². The second kappa shape index (κ2) is 6.94. The van der Waals surface area contributed by atoms with E-state index in [1.165, 1.54) is 0 Å². The van der Waals surface area contributed by atoms with Gasteiger partial charge in [0.2, 0.25) is 5.91 Å². The summed E-state index contributed by atoms with van der Waals surface area (Å²) in [6.07, 6.45) is 4.41. The molecule has 1 amide bonds. The van der Waals surface area contributed by atoms with Crippen molar-refractivity contribution in [2.24, 2.45) is 11.7 Å². The quantitative estimate of drug-likeness (QED) is 0.732. The van der Waals surface area contributed by atoms with Gasteiger partial charge >= 0.3 is 0 Å². The van der Waals surface area contributed by atoms with Crippen molar-refractivity contribution in [2.75, 3.05) is 25.0 Å². The van der Waals surface area contributed by atoms with Crippen LogP contribution in [-0.4, -0.2) is 31.6 Å². The number of benzene rings is 1. The lowest BCUT2D eigenvalue weighted by Crippen LogP contribution is -2.62. The SMILES string of the molecule is CCCCN(CC(NC)(C(N)=O)C1CC1)c1ccccc1. The number of nitrogens with two attached hydrogens (primary N) is 1. The van der Waals surface area contributed by atoms with Gasteiger partial charge in [0, 0.05) is 18.8 Å². The summed E-state index contributed by atoms with van der Waals surface area (Å²) < 4.78 is 0. The zero-order valence-corrected chi connectivity index (χ0v) is 13.1. The van der Waals surface area contributed by atoms with Crippen LogP contribution in [-0.2, 0) is 4.79 Å². The van der Waals surface area contributed by atoms with E-state index in [4.69, 9.17) is 5.73 Å². The number of unbranched alkanes of at least 4 members (excludes halogenated alkanes) is 1. The zero-order chi connectivity index (χ0) is 15.3. The number of carbonyl (C=O) groups excluding carboxylic acids is 1. The van der Waals surface area contributed by atoms with E-state index in [0.717, 1.165) is 37.9 Å². The van der Waals surface area contributed by atoms with Crippen LogP contribution in [0.15, 0.2) is 30.3 Å². The van der Waals surface area contributed by atoms with Gasteiger partial charge in [0.05, 0.1) is 0 Å². The number of amides is 1. The number of nitrogens with zero attached hydrogens (tertiary/aromatic N) is 1. The molecule has 1 aromatic rings. The normalized spacial score (nSPS) is 17.2. The lowest BCUT2D eigenvalue weighted by atomic mass is 9.91. The maximum Gasteiger partial charge on any atom is 0.239 e. The van der Waals surface area contributed by atoms with Gasteiger partial charge in [-0.3, -0.25) is 4.79 Å². The van der Waals surface area contributed by atoms with Gasteiger partial charge in [0.25, 0.3) is 0 Å². The fraction of sp³-hybridized carbons (Fsp3) is 0.588. The maximum atomic E-state index is 12.1. The number of nitrogens with one attached hydrogen (secondary N) is 1. The van der Waals surface area contributed by atoms with Crippen molar-refractivity contribution < 1.29 is 4.79 Å². The van der Waals surface area contributed by atoms with Gasteiger partial charge in [-0.15, -0.1) is 0 Å². The molecule has 0 aliphatic heterocycles. The molecule has 1 aliphatic carbocycles. The van der Waals surface area contributed by atoms with E-state index in [-0.39, 0.29) is 5.91 Å². The van der Waals surface area contributed by atoms with Crippen molar-refractivity contribution in [3.8, 4) is 0 Å². The summed E-state index contributed by atoms with van der Waals surface area (Å²) in [7, 11) is 1.85. The van der Waals surface area contributed by atoms with E-state index in [0.29, 0.717) is 12.5 Å². The van der Waals surface area contributed by atoms with Gasteiger partial charge in [-0.2, -0.15) is 0 Å². The summed E-state index contributed by atoms with van der Waals surface area (Å²) in [5.41, 5.74) is 6.30. The number of anilines is 1. The van der Waals surface area contributed by atoms with Crippen molar-refractivity contribution in [3.63, 3.8) is 0 Å². The maximum absolute atomic E-state index is 12.1. The molecule has 0 saturated heterocycles. The molecule has 0 bridgehead atoms. The molecule has 0 spiro atoms. The summed E-state index contributed by atoms with van der Waals surface area (Å²) in [6.45, 7) is 3.78. The molecule has 3 N–H and O–H groups in total. The number of rotatable bonds is 9. The molecule has 0 radical (unpaired) electrons. The molecule has 1 unspecified atom stereocenters. The second-order valence-corrected chi connectivity index (χ2v) is 5.97. The third-order valence-electron chi connectivity index (χ3n) is 4.50. The Bertz CT molecular complexity index is 458. The summed E-state index contributed by atoms with van der Waals surface area (Å²) in [4.78, 5) is 14.4. The minimum atomic E-state index is -0.608. The van der Waals surface area contributed by atoms with Crippen LogP contribution in [0.1, 0.15) is 32.6 Å². The van der Waals surface area contributed by atoms with E-state index in [1.807, 2.05) is 25.2 Å². The number of primary amides is 1. The molecule has 2 rings (SSSR count). The third kappa shape index (κ3) is 3.56. The average Bonchev–Trinajstić information content (AvgIpc) is 3.33. The first-order valence-electron chi connectivity index (χ1n) is 7.93. The van der Waals surface area contributed by atoms with E-state index < -0.39 is 5.54 Å². The van der Waals surface area contributed by atoms with Gasteiger partial charge < -0.3 is 16.0 Å². The summed E-state index contributed by atoms with van der Waals surface area (Å²) in [6, 6.07) is 10.3. The molecule has 1 aromatic carbocycles. The monoisotopic (exact) mass is 289 g/mol. The standard InChI is InChI=1S/C17H27N3O/c1-3-4-12-20(15-8-6-5-7-9-15)13-17(19-2,16(18)21)14-10-11-14/h5-9,14,19H,3-4,10-13H2,1-2H3,(H2,18,21). The Kier molecular flexibility index (Phi) is 5.23. The van der Waals surface area contributed by atoms with Crippen LogP contribution < -0.4 is 16.0 Å². The second-order valence-electron chi connectivity index (χ2n) is 5.97. The Hall–Kier alpha value is -1.55. The lowest BCUT2D eigenvalue weighted by Gasteiger charge is -2.37. The molecule has 4 heteroatoms. The fourth-order valence-corrected chi connectivity index (χ4v) is 2.98. The predicted octanol–water partition coefficient (Wildman–Crippen LogP) is 2.15. The lowest BCUT2D eigenvalue weighted by molar-refractivity contribution is -0.124. The van der Waals surface area contributed by atoms with E-state index >= 15 is 0 Å². The summed E-state index contributed by atoms with van der Waals surface area (Å²) in [5, 5.41) is 3.24. The number of likely N-dealkylation sites (N-methyl/N-ethyl adjacent to an activating group) is 1. The van der Waals surface area contributed by atoms with Gasteiger partial charge in [-0.1, -0.05) is 31.5 Å². The van der Waals surface area contributed by atoms with Crippen LogP contribution in [0.4, 0.5) is 5.69 Å². The summed E-state index contributed by atoms with van der Waals surface area (Å²) in [5.74, 6) is 0.137. The molecular weight excluding hydrogens is 262 g/mol. The Labute approximate surface area is 127 Å². The van der Waals surface area contributed by atoms with Crippen LogP contribution in [0, 0.1) is 5.92 Å². The van der Waals surface area contributed by atoms with E-state index in [9.17, 15) is 4.79 Å². The minimum Gasteiger partial charge on any atom is -0.369 e. The highest BCUT2D eigenvalue weighted by atomic mass is 16.1. The highest BCUT2D eigenvalue weighted by Gasteiger charge is 2.49. The molecule has 116 valence electrons. The third-order valence-corrected chi connectivity index (χ3v) is 4.50. The smallest absolute Gasteiger partial charge is 0.239 e. The highest BCUT2D eigenvalue weighted by Crippen LogP contribution is 2.40. The van der Waals surface area contributed by atoms with Crippen molar-refractivity contribution in [1.82, 2.24) is 5.32 Å². The highest BCUT2D eigenvalue weighted by molar-refractivity contribution is 5.86. The molecule has 0 aromatic heterocycles. The molecule has 1 atom stereocenters. The van der Waals surface area contributed by atoms with Crippen molar-refractivity contribution in [1.29, 1.82) is 0 Å². The largest absolute Gasteiger partial charge is 0.369 e. The minimum absolute atomic E-state index is 0.232. The van der Waals surface area contributed by atoms with E-state index in [1.54, 1.807) is 0 Å². The average molecular weight is 289 g/mol. The molecule has 0 heterocycles. The van der Waals surface area contributed by atoms with Gasteiger partial charge in [0.1, 0.15) is 5.54 Å². The van der Waals surface area contributed by atoms with Crippen molar-refractivity contribution >= 4 is 11.6 Å². The van der Waals surface area contributed by atoms with Crippen LogP contribution in [0.5, 0.6) is 0 Å². The Morgan fingerprint density at radius 1 is 1.38 bits per heavy atom. The predicted molar refractivity (Wildman–Crippen MR) is 87.3 cm³/mol. The molecule has 21 heavy (non-hydrogen) atoms. The number of hydrogen-bond acceptors (Lipinski definition) is 3. The molecule has 1 fully saturated rings. The van der Waals surface area contributed by atoms with E-state index in [2.05, 4.69) is 29.3 Å². The van der Waals surface area contributed by atoms with Crippen LogP contribution in [0.3, 0.4) is 0 Å². The van der Waals surface area contributed by atoms with Gasteiger partial charge in [-0.05, 0) is 44.4 Å². The first-order valence-corrected chi connectivity index (χ1v) is 7.93. The van der Waals surface area contributed by atoms with Crippen LogP contribution in [0.25, 0.3) is 0 Å². The fourth-order valence-electron chi connectivity index (χ4n) is 2.98. The zero-order valence-electron chi connectivity index (χ0n) is 13.1. The van der Waals surface area contributed by atoms with Gasteiger partial charge in [0.15, 0.2) is 0 Å². The Morgan fingerprint density at radius 3 is 2.52 bits per heavy atom. The Balaban J connectivity index is 2.22. The van der Waals surface area contributed by atoms with Gasteiger partial charge in [-0.25, -0.2) is 0 Å². The van der Waals surface area contributed by atoms with Crippen molar-refractivity contribution in [3.05, 3.63) is 30.3 Å². The van der Waals surface area contributed by atoms with Crippen LogP contribution in [0.2, 0.25) is 0 Å². The Morgan fingerprint density at radius 2 is 2.05 bits per heavy atom. The molecule has 1 aliphatic rings. The first-order chi connectivity index (χ1) is 10.1. The summed E-state index contributed by atoms with van der Waals surface area (Å²) >= 11 is 0. The van der Waals surface area contributed by atoms with Crippen LogP contribution >= 0.6 is 0 Å². The molecular formula is C17H27N3O. The first kappa shape index (κ1) is 15.8. The molecule has 1 saturated carbocycles. The number of para-hydroxylation sites is 1. The molecule has 4 nitrogen and oxygen atoms in total. The number of carbonyl (C=O) groups is 1.